The van der Waals surface area contributed by atoms with Crippen molar-refractivity contribution in [1.82, 2.24) is 24.6 Å². The van der Waals surface area contributed by atoms with E-state index >= 15 is 0 Å². The van der Waals surface area contributed by atoms with Crippen LogP contribution in [0.2, 0.25) is 0 Å². The molecule has 3 aromatic rings. The maximum atomic E-state index is 13.7. The molecular weight excluding hydrogens is 345 g/mol. The molecule has 0 aliphatic carbocycles. The molecule has 4 heterocycles. The van der Waals surface area contributed by atoms with Gasteiger partial charge in [-0.25, -0.2) is 9.07 Å². The number of likely N-dealkylation sites (tertiary alicyclic amines) is 1. The zero-order chi connectivity index (χ0) is 18.8. The molecule has 1 amide bonds. The normalized spacial score (nSPS) is 17.1. The maximum Gasteiger partial charge on any atom is 0.274 e. The number of nitrogens with zero attached hydrogens (tertiary/aromatic N) is 5. The fourth-order valence-corrected chi connectivity index (χ4v) is 3.24. The van der Waals surface area contributed by atoms with E-state index in [9.17, 15) is 9.18 Å². The molecule has 0 aromatic carbocycles. The van der Waals surface area contributed by atoms with Crippen molar-refractivity contribution in [2.24, 2.45) is 0 Å². The van der Waals surface area contributed by atoms with E-state index in [4.69, 9.17) is 0 Å². The first-order chi connectivity index (χ1) is 13.1. The van der Waals surface area contributed by atoms with Crippen LogP contribution >= 0.6 is 0 Å². The Morgan fingerprint density at radius 2 is 2.15 bits per heavy atom. The first kappa shape index (κ1) is 17.3. The van der Waals surface area contributed by atoms with Crippen molar-refractivity contribution in [3.8, 4) is 17.1 Å². The van der Waals surface area contributed by atoms with Crippen molar-refractivity contribution in [2.45, 2.75) is 25.9 Å². The lowest BCUT2D eigenvalue weighted by atomic mass is 10.1. The molecule has 0 N–H and O–H groups in total. The van der Waals surface area contributed by atoms with Crippen LogP contribution in [0.25, 0.3) is 17.1 Å². The number of pyridine rings is 2. The fourth-order valence-electron chi connectivity index (χ4n) is 3.24. The number of hydrogen-bond acceptors (Lipinski definition) is 4. The highest BCUT2D eigenvalue weighted by molar-refractivity contribution is 5.93. The average Bonchev–Trinajstić information content (AvgIpc) is 3.14. The molecular formula is C20H20FN5O. The number of piperidine rings is 1. The summed E-state index contributed by atoms with van der Waals surface area (Å²) in [6, 6.07) is 9.25. The molecule has 4 rings (SSSR count). The Labute approximate surface area is 156 Å². The quantitative estimate of drug-likeness (QED) is 0.715. The van der Waals surface area contributed by atoms with E-state index in [2.05, 4.69) is 15.1 Å². The smallest absolute Gasteiger partial charge is 0.274 e. The molecule has 27 heavy (non-hydrogen) atoms. The van der Waals surface area contributed by atoms with Crippen molar-refractivity contribution in [2.75, 3.05) is 13.1 Å². The number of halogens is 1. The Kier molecular flexibility index (Phi) is 4.66. The van der Waals surface area contributed by atoms with Crippen molar-refractivity contribution in [3.63, 3.8) is 0 Å². The Hall–Kier alpha value is -3.09. The maximum absolute atomic E-state index is 13.7. The van der Waals surface area contributed by atoms with E-state index in [0.29, 0.717) is 30.8 Å². The second-order valence-corrected chi connectivity index (χ2v) is 6.75. The highest BCUT2D eigenvalue weighted by Crippen LogP contribution is 2.24. The number of aryl methyl sites for hydroxylation is 1. The highest BCUT2D eigenvalue weighted by Gasteiger charge is 2.27. The molecule has 0 spiro atoms. The van der Waals surface area contributed by atoms with Gasteiger partial charge in [-0.15, -0.1) is 0 Å². The molecule has 6 nitrogen and oxygen atoms in total. The van der Waals surface area contributed by atoms with E-state index in [1.807, 2.05) is 31.2 Å². The topological polar surface area (TPSA) is 63.9 Å². The van der Waals surface area contributed by atoms with Crippen molar-refractivity contribution in [3.05, 3.63) is 60.2 Å². The lowest BCUT2D eigenvalue weighted by Crippen LogP contribution is -2.40. The summed E-state index contributed by atoms with van der Waals surface area (Å²) in [6.45, 7) is 2.64. The largest absolute Gasteiger partial charge is 0.334 e. The zero-order valence-electron chi connectivity index (χ0n) is 15.0. The number of hydrogen-bond donors (Lipinski definition) is 0. The van der Waals surface area contributed by atoms with Crippen LogP contribution in [0.3, 0.4) is 0 Å². The molecule has 3 aromatic heterocycles. The molecule has 1 fully saturated rings. The monoisotopic (exact) mass is 365 g/mol. The summed E-state index contributed by atoms with van der Waals surface area (Å²) in [4.78, 5) is 23.0. The van der Waals surface area contributed by atoms with Gasteiger partial charge in [0.15, 0.2) is 5.69 Å². The number of carbonyl (C=O) groups excluding carboxylic acids is 1. The molecule has 1 aliphatic heterocycles. The van der Waals surface area contributed by atoms with E-state index in [-0.39, 0.29) is 18.1 Å². The number of rotatable bonds is 3. The van der Waals surface area contributed by atoms with Gasteiger partial charge in [-0.1, -0.05) is 6.07 Å². The summed E-state index contributed by atoms with van der Waals surface area (Å²) >= 11 is 0. The molecule has 7 heteroatoms. The van der Waals surface area contributed by atoms with Crippen LogP contribution in [0.4, 0.5) is 4.39 Å². The van der Waals surface area contributed by atoms with Gasteiger partial charge in [0.05, 0.1) is 29.8 Å². The first-order valence-corrected chi connectivity index (χ1v) is 8.98. The van der Waals surface area contributed by atoms with Crippen LogP contribution in [0.15, 0.2) is 48.9 Å². The minimum atomic E-state index is -0.971. The molecule has 0 radical (unpaired) electrons. The third-order valence-electron chi connectivity index (χ3n) is 4.64. The van der Waals surface area contributed by atoms with Gasteiger partial charge in [-0.2, -0.15) is 5.10 Å². The van der Waals surface area contributed by atoms with Crippen molar-refractivity contribution < 1.29 is 9.18 Å². The van der Waals surface area contributed by atoms with E-state index < -0.39 is 6.17 Å². The van der Waals surface area contributed by atoms with Crippen LogP contribution in [-0.4, -0.2) is 49.8 Å². The third-order valence-corrected chi connectivity index (χ3v) is 4.64. The van der Waals surface area contributed by atoms with Gasteiger partial charge < -0.3 is 4.90 Å². The summed E-state index contributed by atoms with van der Waals surface area (Å²) in [5.74, 6) is -0.256. The van der Waals surface area contributed by atoms with Gasteiger partial charge in [-0.05, 0) is 49.6 Å². The van der Waals surface area contributed by atoms with Crippen LogP contribution in [0, 0.1) is 6.92 Å². The zero-order valence-corrected chi connectivity index (χ0v) is 15.0. The van der Waals surface area contributed by atoms with Gasteiger partial charge in [0.25, 0.3) is 5.91 Å². The van der Waals surface area contributed by atoms with E-state index in [1.165, 1.54) is 4.90 Å². The molecule has 0 unspecified atom stereocenters. The van der Waals surface area contributed by atoms with Crippen molar-refractivity contribution >= 4 is 5.91 Å². The van der Waals surface area contributed by atoms with Crippen LogP contribution in [0.1, 0.15) is 28.9 Å². The second kappa shape index (κ2) is 7.26. The molecule has 0 saturated carbocycles. The molecule has 1 aliphatic rings. The Morgan fingerprint density at radius 3 is 2.85 bits per heavy atom. The third kappa shape index (κ3) is 3.58. The Bertz CT molecular complexity index is 939. The van der Waals surface area contributed by atoms with E-state index in [1.54, 1.807) is 29.3 Å². The number of aromatic nitrogens is 4. The van der Waals surface area contributed by atoms with E-state index in [0.717, 1.165) is 11.3 Å². The summed E-state index contributed by atoms with van der Waals surface area (Å²) in [7, 11) is 0. The van der Waals surface area contributed by atoms with Gasteiger partial charge in [0.2, 0.25) is 0 Å². The summed E-state index contributed by atoms with van der Waals surface area (Å²) in [6.07, 6.45) is 5.33. The van der Waals surface area contributed by atoms with Crippen molar-refractivity contribution in [1.29, 1.82) is 0 Å². The van der Waals surface area contributed by atoms with Gasteiger partial charge in [0, 0.05) is 18.9 Å². The lowest BCUT2D eigenvalue weighted by Gasteiger charge is -2.28. The average molecular weight is 365 g/mol. The minimum Gasteiger partial charge on any atom is -0.334 e. The molecule has 1 saturated heterocycles. The summed E-state index contributed by atoms with van der Waals surface area (Å²) < 4.78 is 15.4. The number of carbonyl (C=O) groups is 1. The number of alkyl halides is 1. The van der Waals surface area contributed by atoms with Crippen LogP contribution in [-0.2, 0) is 0 Å². The van der Waals surface area contributed by atoms with Crippen LogP contribution in [0.5, 0.6) is 0 Å². The Balaban J connectivity index is 1.75. The van der Waals surface area contributed by atoms with Crippen LogP contribution < -0.4 is 0 Å². The second-order valence-electron chi connectivity index (χ2n) is 6.75. The predicted octanol–water partition coefficient (Wildman–Crippen LogP) is 3.21. The Morgan fingerprint density at radius 1 is 1.26 bits per heavy atom. The highest BCUT2D eigenvalue weighted by atomic mass is 19.1. The van der Waals surface area contributed by atoms with Gasteiger partial charge in [0.1, 0.15) is 6.17 Å². The van der Waals surface area contributed by atoms with Gasteiger partial charge >= 0.3 is 0 Å². The number of amides is 1. The first-order valence-electron chi connectivity index (χ1n) is 8.98. The predicted molar refractivity (Wildman–Crippen MR) is 99.4 cm³/mol. The SMILES string of the molecule is Cc1ccc(-c2cc(C(=O)N3CCC[C@@H](F)C3)nn2-c2cccnc2)nc1. The molecule has 1 atom stereocenters. The molecule has 138 valence electrons. The summed E-state index contributed by atoms with van der Waals surface area (Å²) in [5.41, 5.74) is 3.46. The minimum absolute atomic E-state index is 0.122. The fraction of sp³-hybridized carbons (Fsp3) is 0.300. The lowest BCUT2D eigenvalue weighted by molar-refractivity contribution is 0.0630. The summed E-state index contributed by atoms with van der Waals surface area (Å²) in [5, 5.41) is 4.50. The standard InChI is InChI=1S/C20H20FN5O/c1-14-6-7-17(23-11-14)19-10-18(20(27)25-9-3-4-15(21)13-25)24-26(19)16-5-2-8-22-12-16/h2,5-8,10-12,15H,3-4,9,13H2,1H3/t15-/m1/s1. The van der Waals surface area contributed by atoms with Gasteiger partial charge in [-0.3, -0.25) is 14.8 Å². The molecule has 0 bridgehead atoms.